The van der Waals surface area contributed by atoms with Crippen LogP contribution in [0.2, 0.25) is 0 Å². The van der Waals surface area contributed by atoms with Gasteiger partial charge >= 0.3 is 0 Å². The fourth-order valence-electron chi connectivity index (χ4n) is 3.28. The second-order valence-corrected chi connectivity index (χ2v) is 6.18. The molecule has 1 aromatic rings. The predicted molar refractivity (Wildman–Crippen MR) is 82.3 cm³/mol. The quantitative estimate of drug-likeness (QED) is 0.897. The molecule has 1 fully saturated rings. The Kier molecular flexibility index (Phi) is 5.30. The summed E-state index contributed by atoms with van der Waals surface area (Å²) in [6.07, 6.45) is 4.75. The molecule has 20 heavy (non-hydrogen) atoms. The summed E-state index contributed by atoms with van der Waals surface area (Å²) in [6, 6.07) is 6.12. The van der Waals surface area contributed by atoms with Gasteiger partial charge in [-0.05, 0) is 61.8 Å². The molecule has 1 aromatic carbocycles. The zero-order valence-corrected chi connectivity index (χ0v) is 12.9. The second kappa shape index (κ2) is 6.98. The molecule has 0 spiro atoms. The standard InChI is InChI=1S/C17H27NO2/c1-12-8-13(2)10-15(9-12)20-17-11-14(6-7-18)4-5-16(17)19-3/h4-5,11-13,15H,6-10,18H2,1-3H3. The molecule has 2 unspecified atom stereocenters. The molecule has 3 nitrogen and oxygen atoms in total. The number of nitrogens with two attached hydrogens (primary N) is 1. The van der Waals surface area contributed by atoms with Crippen molar-refractivity contribution in [2.45, 2.75) is 45.6 Å². The van der Waals surface area contributed by atoms with E-state index in [2.05, 4.69) is 26.0 Å². The minimum absolute atomic E-state index is 0.302. The van der Waals surface area contributed by atoms with E-state index in [0.717, 1.165) is 42.6 Å². The number of rotatable bonds is 5. The molecule has 112 valence electrons. The number of benzene rings is 1. The van der Waals surface area contributed by atoms with Crippen LogP contribution in [0, 0.1) is 11.8 Å². The second-order valence-electron chi connectivity index (χ2n) is 6.18. The third-order valence-electron chi connectivity index (χ3n) is 4.09. The monoisotopic (exact) mass is 277 g/mol. The summed E-state index contributed by atoms with van der Waals surface area (Å²) < 4.78 is 11.7. The average Bonchev–Trinajstić information content (AvgIpc) is 2.38. The highest BCUT2D eigenvalue weighted by atomic mass is 16.5. The Labute approximate surface area is 122 Å². The Hall–Kier alpha value is -1.22. The molecule has 0 aromatic heterocycles. The lowest BCUT2D eigenvalue weighted by Gasteiger charge is -2.32. The molecule has 2 rings (SSSR count). The van der Waals surface area contributed by atoms with Crippen molar-refractivity contribution in [3.05, 3.63) is 23.8 Å². The van der Waals surface area contributed by atoms with E-state index in [-0.39, 0.29) is 0 Å². The van der Waals surface area contributed by atoms with Gasteiger partial charge in [-0.2, -0.15) is 0 Å². The largest absolute Gasteiger partial charge is 0.493 e. The van der Waals surface area contributed by atoms with Gasteiger partial charge in [0.1, 0.15) is 0 Å². The molecule has 2 atom stereocenters. The fourth-order valence-corrected chi connectivity index (χ4v) is 3.28. The van der Waals surface area contributed by atoms with Crippen molar-refractivity contribution in [1.29, 1.82) is 0 Å². The normalized spacial score (nSPS) is 26.3. The Balaban J connectivity index is 2.12. The number of hydrogen-bond acceptors (Lipinski definition) is 3. The van der Waals surface area contributed by atoms with Crippen molar-refractivity contribution in [2.24, 2.45) is 17.6 Å². The fraction of sp³-hybridized carbons (Fsp3) is 0.647. The van der Waals surface area contributed by atoms with Crippen molar-refractivity contribution in [3.63, 3.8) is 0 Å². The summed E-state index contributed by atoms with van der Waals surface area (Å²) >= 11 is 0. The molecular formula is C17H27NO2. The van der Waals surface area contributed by atoms with Gasteiger partial charge in [-0.25, -0.2) is 0 Å². The molecule has 0 bridgehead atoms. The summed E-state index contributed by atoms with van der Waals surface area (Å²) in [5.74, 6) is 3.16. The van der Waals surface area contributed by atoms with E-state index >= 15 is 0 Å². The van der Waals surface area contributed by atoms with Crippen molar-refractivity contribution >= 4 is 0 Å². The van der Waals surface area contributed by atoms with E-state index in [1.54, 1.807) is 7.11 Å². The number of hydrogen-bond donors (Lipinski definition) is 1. The highest BCUT2D eigenvalue weighted by molar-refractivity contribution is 5.43. The predicted octanol–water partition coefficient (Wildman–Crippen LogP) is 3.40. The first-order chi connectivity index (χ1) is 9.62. The zero-order valence-electron chi connectivity index (χ0n) is 12.9. The molecule has 2 N–H and O–H groups in total. The lowest BCUT2D eigenvalue weighted by molar-refractivity contribution is 0.0979. The molecule has 3 heteroatoms. The smallest absolute Gasteiger partial charge is 0.161 e. The third kappa shape index (κ3) is 3.89. The summed E-state index contributed by atoms with van der Waals surface area (Å²) in [6.45, 7) is 5.28. The van der Waals surface area contributed by atoms with Crippen molar-refractivity contribution < 1.29 is 9.47 Å². The van der Waals surface area contributed by atoms with Gasteiger partial charge in [-0.15, -0.1) is 0 Å². The zero-order chi connectivity index (χ0) is 14.5. The lowest BCUT2D eigenvalue weighted by Crippen LogP contribution is -2.28. The molecule has 0 saturated heterocycles. The first-order valence-corrected chi connectivity index (χ1v) is 7.66. The van der Waals surface area contributed by atoms with E-state index < -0.39 is 0 Å². The van der Waals surface area contributed by atoms with Crippen LogP contribution < -0.4 is 15.2 Å². The number of methoxy groups -OCH3 is 1. The molecule has 0 heterocycles. The minimum Gasteiger partial charge on any atom is -0.493 e. The third-order valence-corrected chi connectivity index (χ3v) is 4.09. The van der Waals surface area contributed by atoms with Gasteiger partial charge in [0.15, 0.2) is 11.5 Å². The summed E-state index contributed by atoms with van der Waals surface area (Å²) in [5.41, 5.74) is 6.84. The van der Waals surface area contributed by atoms with E-state index in [1.807, 2.05) is 6.07 Å². The first-order valence-electron chi connectivity index (χ1n) is 7.66. The Bertz CT molecular complexity index is 423. The van der Waals surface area contributed by atoms with Crippen LogP contribution in [0.15, 0.2) is 18.2 Å². The van der Waals surface area contributed by atoms with Crippen LogP contribution in [0.25, 0.3) is 0 Å². The molecule has 0 aliphatic heterocycles. The van der Waals surface area contributed by atoms with Crippen LogP contribution in [0.1, 0.15) is 38.7 Å². The maximum Gasteiger partial charge on any atom is 0.161 e. The molecular weight excluding hydrogens is 250 g/mol. The summed E-state index contributed by atoms with van der Waals surface area (Å²) in [5, 5.41) is 0. The van der Waals surface area contributed by atoms with Gasteiger partial charge in [0.25, 0.3) is 0 Å². The highest BCUT2D eigenvalue weighted by Crippen LogP contribution is 2.35. The van der Waals surface area contributed by atoms with Gasteiger partial charge in [0.2, 0.25) is 0 Å². The molecule has 0 amide bonds. The first kappa shape index (κ1) is 15.2. The Morgan fingerprint density at radius 1 is 1.10 bits per heavy atom. The van der Waals surface area contributed by atoms with Crippen molar-refractivity contribution in [2.75, 3.05) is 13.7 Å². The molecule has 1 aliphatic carbocycles. The molecule has 1 saturated carbocycles. The van der Waals surface area contributed by atoms with Gasteiger partial charge < -0.3 is 15.2 Å². The van der Waals surface area contributed by atoms with Crippen LogP contribution in [0.5, 0.6) is 11.5 Å². The molecule has 1 aliphatic rings. The van der Waals surface area contributed by atoms with Crippen LogP contribution >= 0.6 is 0 Å². The van der Waals surface area contributed by atoms with Crippen LogP contribution in [-0.2, 0) is 6.42 Å². The van der Waals surface area contributed by atoms with Gasteiger partial charge in [0, 0.05) is 0 Å². The SMILES string of the molecule is COc1ccc(CCN)cc1OC1CC(C)CC(C)C1. The average molecular weight is 277 g/mol. The topological polar surface area (TPSA) is 44.5 Å². The van der Waals surface area contributed by atoms with E-state index in [0.29, 0.717) is 12.6 Å². The maximum atomic E-state index is 6.24. The lowest BCUT2D eigenvalue weighted by atomic mass is 9.82. The maximum absolute atomic E-state index is 6.24. The summed E-state index contributed by atoms with van der Waals surface area (Å²) in [4.78, 5) is 0. The van der Waals surface area contributed by atoms with E-state index in [9.17, 15) is 0 Å². The van der Waals surface area contributed by atoms with Crippen LogP contribution in [0.4, 0.5) is 0 Å². The van der Waals surface area contributed by atoms with E-state index in [1.165, 1.54) is 12.0 Å². The Morgan fingerprint density at radius 3 is 2.40 bits per heavy atom. The van der Waals surface area contributed by atoms with Crippen molar-refractivity contribution in [1.82, 2.24) is 0 Å². The van der Waals surface area contributed by atoms with E-state index in [4.69, 9.17) is 15.2 Å². The highest BCUT2D eigenvalue weighted by Gasteiger charge is 2.26. The van der Waals surface area contributed by atoms with Crippen molar-refractivity contribution in [3.8, 4) is 11.5 Å². The van der Waals surface area contributed by atoms with Gasteiger partial charge in [-0.3, -0.25) is 0 Å². The number of ether oxygens (including phenoxy) is 2. The van der Waals surface area contributed by atoms with Gasteiger partial charge in [-0.1, -0.05) is 19.9 Å². The minimum atomic E-state index is 0.302. The van der Waals surface area contributed by atoms with Gasteiger partial charge in [0.05, 0.1) is 13.2 Å². The summed E-state index contributed by atoms with van der Waals surface area (Å²) in [7, 11) is 1.69. The molecule has 0 radical (unpaired) electrons. The Morgan fingerprint density at radius 2 is 1.80 bits per heavy atom. The van der Waals surface area contributed by atoms with Crippen LogP contribution in [-0.4, -0.2) is 19.8 Å². The van der Waals surface area contributed by atoms with Crippen LogP contribution in [0.3, 0.4) is 0 Å².